The Labute approximate surface area is 176 Å². The Bertz CT molecular complexity index is 1150. The first-order valence-corrected chi connectivity index (χ1v) is 10.4. The average molecular weight is 430 g/mol. The highest BCUT2D eigenvalue weighted by atomic mass is 35.5. The van der Waals surface area contributed by atoms with Gasteiger partial charge in [-0.3, -0.25) is 9.20 Å². The molecule has 0 aliphatic heterocycles. The molecule has 0 spiro atoms. The van der Waals surface area contributed by atoms with Gasteiger partial charge in [-0.25, -0.2) is 4.98 Å². The fourth-order valence-corrected chi connectivity index (χ4v) is 4.16. The maximum absolute atomic E-state index is 12.4. The van der Waals surface area contributed by atoms with Crippen molar-refractivity contribution in [2.24, 2.45) is 0 Å². The van der Waals surface area contributed by atoms with E-state index in [9.17, 15) is 4.79 Å². The highest BCUT2D eigenvalue weighted by Crippen LogP contribution is 2.26. The molecular weight excluding hydrogens is 413 g/mol. The number of nitrogens with one attached hydrogen (secondary N) is 1. The van der Waals surface area contributed by atoms with Crippen molar-refractivity contribution in [3.63, 3.8) is 0 Å². The lowest BCUT2D eigenvalue weighted by molar-refractivity contribution is -0.116. The molecule has 0 saturated heterocycles. The summed E-state index contributed by atoms with van der Waals surface area (Å²) in [6.07, 6.45) is 3.01. The van der Waals surface area contributed by atoms with Crippen molar-refractivity contribution < 1.29 is 4.79 Å². The molecule has 2 aromatic carbocycles. The van der Waals surface area contributed by atoms with Crippen LogP contribution in [0.25, 0.3) is 16.2 Å². The summed E-state index contributed by atoms with van der Waals surface area (Å²) < 4.78 is 2.05. The Morgan fingerprint density at radius 1 is 1.14 bits per heavy atom. The van der Waals surface area contributed by atoms with E-state index in [-0.39, 0.29) is 5.91 Å². The number of fused-ring (bicyclic) bond motifs is 1. The molecule has 142 valence electrons. The molecular formula is C21H17Cl2N3OS. The van der Waals surface area contributed by atoms with Gasteiger partial charge in [0, 0.05) is 45.0 Å². The number of hydrogen-bond donors (Lipinski definition) is 1. The van der Waals surface area contributed by atoms with Gasteiger partial charge in [-0.1, -0.05) is 41.4 Å². The Kier molecular flexibility index (Phi) is 5.40. The molecule has 0 atom stereocenters. The number of benzene rings is 2. The summed E-state index contributed by atoms with van der Waals surface area (Å²) in [5.74, 6) is -0.0391. The van der Waals surface area contributed by atoms with Crippen molar-refractivity contribution >= 4 is 51.1 Å². The molecule has 0 bridgehead atoms. The molecule has 1 N–H and O–H groups in total. The van der Waals surface area contributed by atoms with Gasteiger partial charge in [-0.05, 0) is 43.2 Å². The summed E-state index contributed by atoms with van der Waals surface area (Å²) in [4.78, 5) is 18.0. The summed E-state index contributed by atoms with van der Waals surface area (Å²) in [5, 5.41) is 6.29. The standard InChI is InChI=1S/C21H17Cl2N3OS/c1-13-2-5-16(23)10-18(13)24-20(27)9-8-17-12-28-21-25-19(11-26(17)21)14-3-6-15(22)7-4-14/h2-7,10-12H,8-9H2,1H3,(H,24,27). The first-order valence-electron chi connectivity index (χ1n) is 8.77. The monoisotopic (exact) mass is 429 g/mol. The number of amides is 1. The molecule has 2 aromatic heterocycles. The van der Waals surface area contributed by atoms with Gasteiger partial charge in [0.2, 0.25) is 5.91 Å². The second-order valence-electron chi connectivity index (χ2n) is 6.52. The summed E-state index contributed by atoms with van der Waals surface area (Å²) in [7, 11) is 0. The summed E-state index contributed by atoms with van der Waals surface area (Å²) in [6.45, 7) is 1.94. The Balaban J connectivity index is 1.47. The van der Waals surface area contributed by atoms with Gasteiger partial charge in [-0.2, -0.15) is 0 Å². The van der Waals surface area contributed by atoms with Crippen LogP contribution < -0.4 is 5.32 Å². The van der Waals surface area contributed by atoms with Gasteiger partial charge in [0.25, 0.3) is 0 Å². The zero-order valence-corrected chi connectivity index (χ0v) is 17.4. The van der Waals surface area contributed by atoms with E-state index < -0.39 is 0 Å². The number of nitrogens with zero attached hydrogens (tertiary/aromatic N) is 2. The fourth-order valence-electron chi connectivity index (χ4n) is 2.95. The third kappa shape index (κ3) is 4.07. The van der Waals surface area contributed by atoms with Crippen molar-refractivity contribution in [1.82, 2.24) is 9.38 Å². The molecule has 1 amide bonds. The van der Waals surface area contributed by atoms with Crippen molar-refractivity contribution in [2.45, 2.75) is 19.8 Å². The second kappa shape index (κ2) is 7.95. The van der Waals surface area contributed by atoms with Crippen molar-refractivity contribution in [3.05, 3.63) is 75.3 Å². The largest absolute Gasteiger partial charge is 0.326 e. The number of imidazole rings is 1. The molecule has 7 heteroatoms. The zero-order valence-electron chi connectivity index (χ0n) is 15.1. The third-order valence-electron chi connectivity index (χ3n) is 4.51. The van der Waals surface area contributed by atoms with Gasteiger partial charge in [0.1, 0.15) is 0 Å². The second-order valence-corrected chi connectivity index (χ2v) is 8.23. The van der Waals surface area contributed by atoms with Crippen LogP contribution in [0.4, 0.5) is 5.69 Å². The number of halogens is 2. The smallest absolute Gasteiger partial charge is 0.224 e. The SMILES string of the molecule is Cc1ccc(Cl)cc1NC(=O)CCc1csc2nc(-c3ccc(Cl)cc3)cn12. The summed E-state index contributed by atoms with van der Waals surface area (Å²) in [5.41, 5.74) is 4.70. The predicted molar refractivity (Wildman–Crippen MR) is 117 cm³/mol. The Morgan fingerprint density at radius 2 is 1.89 bits per heavy atom. The number of carbonyl (C=O) groups is 1. The Morgan fingerprint density at radius 3 is 2.68 bits per heavy atom. The van der Waals surface area contributed by atoms with E-state index in [1.807, 2.05) is 59.3 Å². The minimum absolute atomic E-state index is 0.0391. The maximum atomic E-state index is 12.4. The summed E-state index contributed by atoms with van der Waals surface area (Å²) in [6, 6.07) is 13.1. The van der Waals surface area contributed by atoms with Gasteiger partial charge in [-0.15, -0.1) is 11.3 Å². The van der Waals surface area contributed by atoms with E-state index in [0.29, 0.717) is 22.9 Å². The topological polar surface area (TPSA) is 46.4 Å². The molecule has 0 unspecified atom stereocenters. The van der Waals surface area contributed by atoms with Crippen LogP contribution in [0.2, 0.25) is 10.0 Å². The quantitative estimate of drug-likeness (QED) is 0.407. The number of aromatic nitrogens is 2. The molecule has 4 nitrogen and oxygen atoms in total. The lowest BCUT2D eigenvalue weighted by atomic mass is 10.2. The Hall–Kier alpha value is -2.34. The number of anilines is 1. The minimum Gasteiger partial charge on any atom is -0.326 e. The average Bonchev–Trinajstić information content (AvgIpc) is 3.25. The number of hydrogen-bond acceptors (Lipinski definition) is 3. The molecule has 0 aliphatic carbocycles. The van der Waals surface area contributed by atoms with Gasteiger partial charge < -0.3 is 5.32 Å². The maximum Gasteiger partial charge on any atom is 0.224 e. The first-order chi connectivity index (χ1) is 13.5. The zero-order chi connectivity index (χ0) is 19.7. The van der Waals surface area contributed by atoms with Gasteiger partial charge in [0.15, 0.2) is 4.96 Å². The van der Waals surface area contributed by atoms with E-state index >= 15 is 0 Å². The first kappa shape index (κ1) is 19.0. The molecule has 0 saturated carbocycles. The number of aryl methyl sites for hydroxylation is 2. The van der Waals surface area contributed by atoms with Crippen LogP contribution >= 0.6 is 34.5 Å². The van der Waals surface area contributed by atoms with Crippen molar-refractivity contribution in [2.75, 3.05) is 5.32 Å². The molecule has 4 aromatic rings. The van der Waals surface area contributed by atoms with Crippen LogP contribution in [0.5, 0.6) is 0 Å². The summed E-state index contributed by atoms with van der Waals surface area (Å²) >= 11 is 13.5. The van der Waals surface area contributed by atoms with Crippen LogP contribution in [0.1, 0.15) is 17.7 Å². The molecule has 0 radical (unpaired) electrons. The van der Waals surface area contributed by atoms with E-state index in [4.69, 9.17) is 23.2 Å². The molecule has 28 heavy (non-hydrogen) atoms. The van der Waals surface area contributed by atoms with Crippen molar-refractivity contribution in [1.29, 1.82) is 0 Å². The van der Waals surface area contributed by atoms with Crippen LogP contribution in [-0.2, 0) is 11.2 Å². The molecule has 0 fully saturated rings. The highest BCUT2D eigenvalue weighted by Gasteiger charge is 2.12. The minimum atomic E-state index is -0.0391. The van der Waals surface area contributed by atoms with Crippen LogP contribution in [0, 0.1) is 6.92 Å². The highest BCUT2D eigenvalue weighted by molar-refractivity contribution is 7.15. The van der Waals surface area contributed by atoms with Crippen molar-refractivity contribution in [3.8, 4) is 11.3 Å². The van der Waals surface area contributed by atoms with Gasteiger partial charge >= 0.3 is 0 Å². The van der Waals surface area contributed by atoms with E-state index in [2.05, 4.69) is 10.3 Å². The lowest BCUT2D eigenvalue weighted by Crippen LogP contribution is -2.13. The number of rotatable bonds is 5. The molecule has 4 rings (SSSR count). The van der Waals surface area contributed by atoms with E-state index in [1.54, 1.807) is 17.4 Å². The van der Waals surface area contributed by atoms with E-state index in [1.165, 1.54) is 0 Å². The van der Waals surface area contributed by atoms with Crippen LogP contribution in [0.3, 0.4) is 0 Å². The van der Waals surface area contributed by atoms with Gasteiger partial charge in [0.05, 0.1) is 5.69 Å². The molecule has 2 heterocycles. The van der Waals surface area contributed by atoms with E-state index in [0.717, 1.165) is 33.2 Å². The third-order valence-corrected chi connectivity index (χ3v) is 5.88. The lowest BCUT2D eigenvalue weighted by Gasteiger charge is -2.08. The number of carbonyl (C=O) groups excluding carboxylic acids is 1. The number of thiazole rings is 1. The van der Waals surface area contributed by atoms with Crippen LogP contribution in [-0.4, -0.2) is 15.3 Å². The predicted octanol–water partition coefficient (Wildman–Crippen LogP) is 6.25. The fraction of sp³-hybridized carbons (Fsp3) is 0.143. The van der Waals surface area contributed by atoms with Crippen LogP contribution in [0.15, 0.2) is 54.0 Å². The molecule has 0 aliphatic rings. The normalized spacial score (nSPS) is 11.1.